The number of aliphatic hydroxyl groups excluding tert-OH is 1. The van der Waals surface area contributed by atoms with Gasteiger partial charge in [0.15, 0.2) is 0 Å². The third-order valence-electron chi connectivity index (χ3n) is 7.00. The molecule has 3 amide bonds. The number of amides is 3. The van der Waals surface area contributed by atoms with Crippen LogP contribution in [0.4, 0.5) is 0 Å². The van der Waals surface area contributed by atoms with E-state index >= 15 is 0 Å². The van der Waals surface area contributed by atoms with E-state index in [1.54, 1.807) is 11.8 Å². The quantitative estimate of drug-likeness (QED) is 0.558. The monoisotopic (exact) mass is 445 g/mol. The number of thioether (sulfide) groups is 1. The summed E-state index contributed by atoms with van der Waals surface area (Å²) in [5.41, 5.74) is 0.983. The highest BCUT2D eigenvalue weighted by atomic mass is 32.2. The molecule has 2 bridgehead atoms. The fourth-order valence-corrected chi connectivity index (χ4v) is 8.14. The SMILES string of the molecule is CCCNC(=O)[C@@H]1[C@@H]2CC(C)C3(S2)C(C(=O)NCc2ccccc2)N(CCO)C(=O)[C@H]13. The lowest BCUT2D eigenvalue weighted by atomic mass is 9.66. The number of hydrogen-bond acceptors (Lipinski definition) is 5. The molecule has 3 unspecified atom stereocenters. The Balaban J connectivity index is 1.63. The summed E-state index contributed by atoms with van der Waals surface area (Å²) in [6, 6.07) is 8.97. The van der Waals surface area contributed by atoms with Crippen LogP contribution in [0.1, 0.15) is 32.3 Å². The maximum atomic E-state index is 13.5. The molecule has 3 saturated heterocycles. The van der Waals surface area contributed by atoms with E-state index in [1.807, 2.05) is 37.3 Å². The number of hydrogen-bond donors (Lipinski definition) is 3. The first-order valence-electron chi connectivity index (χ1n) is 11.1. The predicted octanol–water partition coefficient (Wildman–Crippen LogP) is 1.16. The van der Waals surface area contributed by atoms with Crippen LogP contribution in [0, 0.1) is 17.8 Å². The van der Waals surface area contributed by atoms with Crippen LogP contribution in [0.25, 0.3) is 0 Å². The highest BCUT2D eigenvalue weighted by Gasteiger charge is 2.75. The third kappa shape index (κ3) is 3.53. The number of fused-ring (bicyclic) bond motifs is 1. The second-order valence-corrected chi connectivity index (χ2v) is 10.4. The molecule has 0 aliphatic carbocycles. The van der Waals surface area contributed by atoms with E-state index < -0.39 is 22.6 Å². The summed E-state index contributed by atoms with van der Waals surface area (Å²) < 4.78 is -0.633. The molecule has 0 saturated carbocycles. The maximum Gasteiger partial charge on any atom is 0.244 e. The van der Waals surface area contributed by atoms with Crippen molar-refractivity contribution in [2.24, 2.45) is 17.8 Å². The summed E-state index contributed by atoms with van der Waals surface area (Å²) in [5.74, 6) is -1.28. The van der Waals surface area contributed by atoms with Crippen LogP contribution in [0.5, 0.6) is 0 Å². The Morgan fingerprint density at radius 3 is 2.65 bits per heavy atom. The fourth-order valence-electron chi connectivity index (χ4n) is 5.72. The summed E-state index contributed by atoms with van der Waals surface area (Å²) >= 11 is 1.65. The highest BCUT2D eigenvalue weighted by molar-refractivity contribution is 8.02. The van der Waals surface area contributed by atoms with Crippen LogP contribution in [-0.4, -0.2) is 63.5 Å². The first-order chi connectivity index (χ1) is 15.0. The Kier molecular flexibility index (Phi) is 6.30. The number of rotatable bonds is 8. The van der Waals surface area contributed by atoms with Crippen molar-refractivity contribution < 1.29 is 19.5 Å². The van der Waals surface area contributed by atoms with Crippen molar-refractivity contribution in [3.63, 3.8) is 0 Å². The van der Waals surface area contributed by atoms with Gasteiger partial charge in [0, 0.05) is 24.9 Å². The second-order valence-electron chi connectivity index (χ2n) is 8.80. The molecule has 6 atom stereocenters. The first-order valence-corrected chi connectivity index (χ1v) is 12.0. The molecule has 0 aromatic heterocycles. The highest BCUT2D eigenvalue weighted by Crippen LogP contribution is 2.68. The Labute approximate surface area is 187 Å². The molecule has 3 aliphatic rings. The minimum absolute atomic E-state index is 0.0431. The molecule has 31 heavy (non-hydrogen) atoms. The van der Waals surface area contributed by atoms with Crippen molar-refractivity contribution in [1.82, 2.24) is 15.5 Å². The molecule has 1 spiro atoms. The molecule has 1 aromatic carbocycles. The standard InChI is InChI=1S/C23H31N3O4S/c1-3-9-24-20(28)17-16-12-14(2)23(31-16)18(17)22(30)26(10-11-27)19(23)21(29)25-13-15-7-5-4-6-8-15/h4-8,14,16-19,27H,3,9-13H2,1-2H3,(H,24,28)(H,25,29)/t14?,16-,17+,18-,19?,23?/m0/s1. The van der Waals surface area contributed by atoms with Gasteiger partial charge in [0.05, 0.1) is 23.2 Å². The van der Waals surface area contributed by atoms with Crippen LogP contribution in [0.3, 0.4) is 0 Å². The Morgan fingerprint density at radius 1 is 1.23 bits per heavy atom. The van der Waals surface area contributed by atoms with Gasteiger partial charge in [0.1, 0.15) is 6.04 Å². The van der Waals surface area contributed by atoms with Gasteiger partial charge in [-0.15, -0.1) is 11.8 Å². The lowest BCUT2D eigenvalue weighted by Gasteiger charge is -2.38. The molecular formula is C23H31N3O4S. The van der Waals surface area contributed by atoms with Crippen molar-refractivity contribution in [1.29, 1.82) is 0 Å². The van der Waals surface area contributed by atoms with Crippen molar-refractivity contribution in [3.05, 3.63) is 35.9 Å². The summed E-state index contributed by atoms with van der Waals surface area (Å²) in [6.07, 6.45) is 1.64. The summed E-state index contributed by atoms with van der Waals surface area (Å²) in [6.45, 7) is 4.93. The lowest BCUT2D eigenvalue weighted by molar-refractivity contribution is -0.140. The third-order valence-corrected chi connectivity index (χ3v) is 9.07. The largest absolute Gasteiger partial charge is 0.395 e. The van der Waals surface area contributed by atoms with E-state index in [1.165, 1.54) is 4.90 Å². The van der Waals surface area contributed by atoms with Gasteiger partial charge < -0.3 is 20.6 Å². The van der Waals surface area contributed by atoms with Gasteiger partial charge in [-0.25, -0.2) is 0 Å². The Morgan fingerprint density at radius 2 is 1.97 bits per heavy atom. The Hall–Kier alpha value is -2.06. The van der Waals surface area contributed by atoms with Gasteiger partial charge in [-0.05, 0) is 24.3 Å². The van der Waals surface area contributed by atoms with Gasteiger partial charge in [0.25, 0.3) is 0 Å². The molecule has 3 heterocycles. The zero-order valence-electron chi connectivity index (χ0n) is 18.0. The number of carbonyl (C=O) groups excluding carboxylic acids is 3. The number of carbonyl (C=O) groups is 3. The van der Waals surface area contributed by atoms with Crippen LogP contribution in [0.2, 0.25) is 0 Å². The number of likely N-dealkylation sites (tertiary alicyclic amines) is 1. The number of β-amino-alcohol motifs (C(OH)–C–C–N with tert-alkyl or cyclic N) is 1. The van der Waals surface area contributed by atoms with E-state index in [0.717, 1.165) is 18.4 Å². The second kappa shape index (κ2) is 8.82. The average Bonchev–Trinajstić information content (AvgIpc) is 3.35. The minimum atomic E-state index is -0.685. The molecule has 3 aliphatic heterocycles. The summed E-state index contributed by atoms with van der Waals surface area (Å²) in [4.78, 5) is 41.5. The summed E-state index contributed by atoms with van der Waals surface area (Å²) in [5, 5.41) is 15.6. The van der Waals surface area contributed by atoms with E-state index in [0.29, 0.717) is 13.1 Å². The zero-order valence-corrected chi connectivity index (χ0v) is 18.9. The minimum Gasteiger partial charge on any atom is -0.395 e. The van der Waals surface area contributed by atoms with E-state index in [2.05, 4.69) is 17.6 Å². The van der Waals surface area contributed by atoms with Gasteiger partial charge in [0.2, 0.25) is 17.7 Å². The normalized spacial score (nSPS) is 33.5. The van der Waals surface area contributed by atoms with Crippen molar-refractivity contribution in [2.75, 3.05) is 19.7 Å². The topological polar surface area (TPSA) is 98.7 Å². The average molecular weight is 446 g/mol. The zero-order chi connectivity index (χ0) is 22.2. The van der Waals surface area contributed by atoms with Crippen LogP contribution in [0.15, 0.2) is 30.3 Å². The van der Waals surface area contributed by atoms with Crippen LogP contribution >= 0.6 is 11.8 Å². The first kappa shape index (κ1) is 22.1. The molecule has 1 aromatic rings. The van der Waals surface area contributed by atoms with Gasteiger partial charge in [-0.3, -0.25) is 14.4 Å². The van der Waals surface area contributed by atoms with Crippen LogP contribution < -0.4 is 10.6 Å². The lowest BCUT2D eigenvalue weighted by Crippen LogP contribution is -2.56. The van der Waals surface area contributed by atoms with E-state index in [9.17, 15) is 19.5 Å². The molecule has 7 nitrogen and oxygen atoms in total. The molecule has 4 rings (SSSR count). The number of aliphatic hydroxyl groups is 1. The number of nitrogens with one attached hydrogen (secondary N) is 2. The molecular weight excluding hydrogens is 414 g/mol. The molecule has 3 fully saturated rings. The van der Waals surface area contributed by atoms with E-state index in [-0.39, 0.29) is 42.0 Å². The van der Waals surface area contributed by atoms with E-state index in [4.69, 9.17) is 0 Å². The van der Waals surface area contributed by atoms with Crippen molar-refractivity contribution in [2.45, 2.75) is 49.3 Å². The van der Waals surface area contributed by atoms with Crippen molar-refractivity contribution >= 4 is 29.5 Å². The van der Waals surface area contributed by atoms with Crippen LogP contribution in [-0.2, 0) is 20.9 Å². The van der Waals surface area contributed by atoms with Crippen molar-refractivity contribution in [3.8, 4) is 0 Å². The molecule has 8 heteroatoms. The molecule has 168 valence electrons. The molecule has 0 radical (unpaired) electrons. The molecule has 3 N–H and O–H groups in total. The fraction of sp³-hybridized carbons (Fsp3) is 0.609. The van der Waals surface area contributed by atoms with Gasteiger partial charge in [-0.1, -0.05) is 44.2 Å². The van der Waals surface area contributed by atoms with Gasteiger partial charge in [-0.2, -0.15) is 0 Å². The summed E-state index contributed by atoms with van der Waals surface area (Å²) in [7, 11) is 0. The predicted molar refractivity (Wildman–Crippen MR) is 119 cm³/mol. The van der Waals surface area contributed by atoms with Gasteiger partial charge >= 0.3 is 0 Å². The number of nitrogens with zero attached hydrogens (tertiary/aromatic N) is 1. The maximum absolute atomic E-state index is 13.5. The number of benzene rings is 1. The smallest absolute Gasteiger partial charge is 0.244 e. The Bertz CT molecular complexity index is 850.